The molecule has 2 rings (SSSR count). The monoisotopic (exact) mass is 338 g/mol. The topological polar surface area (TPSA) is 34.0 Å². The zero-order valence-electron chi connectivity index (χ0n) is 11.6. The van der Waals surface area contributed by atoms with Crippen LogP contribution in [0.1, 0.15) is 35.9 Å². The minimum atomic E-state index is -0.430. The first-order chi connectivity index (χ1) is 9.38. The minimum Gasteiger partial charge on any atom is -0.340 e. The van der Waals surface area contributed by atoms with Gasteiger partial charge in [0.2, 0.25) is 0 Å². The summed E-state index contributed by atoms with van der Waals surface area (Å²) >= 11 is 3.35. The number of aromatic nitrogens is 1. The Morgan fingerprint density at radius 1 is 1.35 bits per heavy atom. The Hall–Kier alpha value is -1.62. The Kier molecular flexibility index (Phi) is 4.28. The van der Waals surface area contributed by atoms with Crippen molar-refractivity contribution in [1.82, 2.24) is 4.57 Å². The molecule has 0 saturated heterocycles. The van der Waals surface area contributed by atoms with Crippen molar-refractivity contribution in [2.45, 2.75) is 26.8 Å². The second kappa shape index (κ2) is 5.79. The Morgan fingerprint density at radius 2 is 2.05 bits per heavy atom. The smallest absolute Gasteiger partial charge is 0.272 e. The average molecular weight is 339 g/mol. The van der Waals surface area contributed by atoms with Gasteiger partial charge in [-0.2, -0.15) is 0 Å². The van der Waals surface area contributed by atoms with E-state index >= 15 is 0 Å². The first kappa shape index (κ1) is 14.8. The quantitative estimate of drug-likeness (QED) is 0.876. The van der Waals surface area contributed by atoms with E-state index in [4.69, 9.17) is 0 Å². The van der Waals surface area contributed by atoms with Crippen molar-refractivity contribution in [3.8, 4) is 0 Å². The van der Waals surface area contributed by atoms with Crippen molar-refractivity contribution in [3.63, 3.8) is 0 Å². The number of hydrogen-bond donors (Lipinski definition) is 1. The molecule has 3 nitrogen and oxygen atoms in total. The van der Waals surface area contributed by atoms with Gasteiger partial charge in [0.05, 0.1) is 5.69 Å². The van der Waals surface area contributed by atoms with Gasteiger partial charge in [-0.3, -0.25) is 4.79 Å². The van der Waals surface area contributed by atoms with Crippen LogP contribution in [0.5, 0.6) is 0 Å². The molecule has 0 atom stereocenters. The van der Waals surface area contributed by atoms with Gasteiger partial charge in [-0.15, -0.1) is 0 Å². The summed E-state index contributed by atoms with van der Waals surface area (Å²) in [6, 6.07) is 6.59. The van der Waals surface area contributed by atoms with E-state index in [2.05, 4.69) is 21.2 Å². The maximum atomic E-state index is 13.8. The van der Waals surface area contributed by atoms with Gasteiger partial charge in [0.25, 0.3) is 5.91 Å². The fraction of sp³-hybridized carbons (Fsp3) is 0.267. The third-order valence-electron chi connectivity index (χ3n) is 2.98. The molecule has 0 spiro atoms. The molecule has 0 radical (unpaired) electrons. The average Bonchev–Trinajstić information content (AvgIpc) is 2.75. The molecular formula is C15H16BrFN2O. The molecule has 0 aliphatic heterocycles. The van der Waals surface area contributed by atoms with Crippen molar-refractivity contribution in [2.75, 3.05) is 5.32 Å². The lowest BCUT2D eigenvalue weighted by Gasteiger charge is -2.13. The Bertz CT molecular complexity index is 649. The highest BCUT2D eigenvalue weighted by atomic mass is 79.9. The number of nitrogens with one attached hydrogen (secondary N) is 1. The molecule has 1 N–H and O–H groups in total. The lowest BCUT2D eigenvalue weighted by Crippen LogP contribution is -2.18. The van der Waals surface area contributed by atoms with Gasteiger partial charge in [-0.1, -0.05) is 6.07 Å². The maximum Gasteiger partial charge on any atom is 0.272 e. The number of carbonyl (C=O) groups is 1. The molecule has 20 heavy (non-hydrogen) atoms. The van der Waals surface area contributed by atoms with E-state index in [0.717, 1.165) is 10.0 Å². The SMILES string of the molecule is Cc1ccc(NC(=O)c2cc(Br)cn2C(C)C)c(F)c1. The van der Waals surface area contributed by atoms with Crippen molar-refractivity contribution in [1.29, 1.82) is 0 Å². The van der Waals surface area contributed by atoms with E-state index in [-0.39, 0.29) is 17.6 Å². The normalized spacial score (nSPS) is 10.9. The Labute approximate surface area is 125 Å². The third-order valence-corrected chi connectivity index (χ3v) is 3.41. The molecule has 106 valence electrons. The molecule has 5 heteroatoms. The van der Waals surface area contributed by atoms with Crippen molar-refractivity contribution >= 4 is 27.5 Å². The summed E-state index contributed by atoms with van der Waals surface area (Å²) in [6.07, 6.45) is 1.84. The Balaban J connectivity index is 2.28. The second-order valence-electron chi connectivity index (χ2n) is 4.98. The van der Waals surface area contributed by atoms with Gasteiger partial charge >= 0.3 is 0 Å². The van der Waals surface area contributed by atoms with E-state index in [0.29, 0.717) is 5.69 Å². The molecule has 2 aromatic rings. The summed E-state index contributed by atoms with van der Waals surface area (Å²) in [6.45, 7) is 5.76. The van der Waals surface area contributed by atoms with Gasteiger partial charge in [0.1, 0.15) is 11.5 Å². The zero-order chi connectivity index (χ0) is 14.9. The number of rotatable bonds is 3. The van der Waals surface area contributed by atoms with E-state index in [1.54, 1.807) is 25.1 Å². The summed E-state index contributed by atoms with van der Waals surface area (Å²) in [5, 5.41) is 2.61. The number of hydrogen-bond acceptors (Lipinski definition) is 1. The molecular weight excluding hydrogens is 323 g/mol. The molecule has 1 heterocycles. The number of aryl methyl sites for hydroxylation is 1. The van der Waals surface area contributed by atoms with Crippen molar-refractivity contribution in [2.24, 2.45) is 0 Å². The van der Waals surface area contributed by atoms with Crippen molar-refractivity contribution < 1.29 is 9.18 Å². The number of benzene rings is 1. The van der Waals surface area contributed by atoms with Gasteiger partial charge < -0.3 is 9.88 Å². The molecule has 0 bridgehead atoms. The predicted molar refractivity (Wildman–Crippen MR) is 81.6 cm³/mol. The lowest BCUT2D eigenvalue weighted by molar-refractivity contribution is 0.101. The van der Waals surface area contributed by atoms with Crippen LogP contribution in [0.3, 0.4) is 0 Å². The third kappa shape index (κ3) is 3.10. The first-order valence-electron chi connectivity index (χ1n) is 6.33. The van der Waals surface area contributed by atoms with E-state index in [1.807, 2.05) is 24.6 Å². The highest BCUT2D eigenvalue weighted by Gasteiger charge is 2.16. The van der Waals surface area contributed by atoms with Crippen LogP contribution >= 0.6 is 15.9 Å². The number of anilines is 1. The number of halogens is 2. The molecule has 0 unspecified atom stereocenters. The molecule has 0 fully saturated rings. The van der Waals surface area contributed by atoms with Gasteiger partial charge in [-0.25, -0.2) is 4.39 Å². The lowest BCUT2D eigenvalue weighted by atomic mass is 10.2. The molecule has 0 aliphatic carbocycles. The van der Waals surface area contributed by atoms with Crippen LogP contribution in [0.15, 0.2) is 34.9 Å². The van der Waals surface area contributed by atoms with Crippen LogP contribution in [0.2, 0.25) is 0 Å². The summed E-state index contributed by atoms with van der Waals surface area (Å²) < 4.78 is 16.4. The zero-order valence-corrected chi connectivity index (χ0v) is 13.2. The van der Waals surface area contributed by atoms with Gasteiger partial charge in [0.15, 0.2) is 0 Å². The Morgan fingerprint density at radius 3 is 2.65 bits per heavy atom. The van der Waals surface area contributed by atoms with Crippen LogP contribution in [-0.2, 0) is 0 Å². The highest BCUT2D eigenvalue weighted by Crippen LogP contribution is 2.21. The van der Waals surface area contributed by atoms with Crippen LogP contribution < -0.4 is 5.32 Å². The number of nitrogens with zero attached hydrogens (tertiary/aromatic N) is 1. The molecule has 0 aliphatic rings. The largest absolute Gasteiger partial charge is 0.340 e. The second-order valence-corrected chi connectivity index (χ2v) is 5.90. The summed E-state index contributed by atoms with van der Waals surface area (Å²) in [4.78, 5) is 12.3. The fourth-order valence-corrected chi connectivity index (χ4v) is 2.40. The molecule has 1 amide bonds. The summed E-state index contributed by atoms with van der Waals surface area (Å²) in [5.74, 6) is -0.757. The fourth-order valence-electron chi connectivity index (χ4n) is 1.96. The van der Waals surface area contributed by atoms with Gasteiger partial charge in [0, 0.05) is 16.7 Å². The summed E-state index contributed by atoms with van der Waals surface area (Å²) in [5.41, 5.74) is 1.49. The standard InChI is InChI=1S/C15H16BrFN2O/c1-9(2)19-8-11(16)7-14(19)15(20)18-13-5-4-10(3)6-12(13)17/h4-9H,1-3H3,(H,18,20). The maximum absolute atomic E-state index is 13.8. The van der Waals surface area contributed by atoms with Crippen LogP contribution in [0, 0.1) is 12.7 Å². The minimum absolute atomic E-state index is 0.143. The summed E-state index contributed by atoms with van der Waals surface area (Å²) in [7, 11) is 0. The molecule has 1 aromatic carbocycles. The van der Waals surface area contributed by atoms with Crippen molar-refractivity contribution in [3.05, 3.63) is 52.0 Å². The molecule has 0 saturated carbocycles. The number of carbonyl (C=O) groups excluding carboxylic acids is 1. The number of amides is 1. The molecule has 1 aromatic heterocycles. The van der Waals surface area contributed by atoms with E-state index in [1.165, 1.54) is 6.07 Å². The predicted octanol–water partition coefficient (Wildman–Crippen LogP) is 4.53. The van der Waals surface area contributed by atoms with Crippen LogP contribution in [-0.4, -0.2) is 10.5 Å². The van der Waals surface area contributed by atoms with E-state index < -0.39 is 5.82 Å². The van der Waals surface area contributed by atoms with Crippen LogP contribution in [0.25, 0.3) is 0 Å². The first-order valence-corrected chi connectivity index (χ1v) is 7.12. The van der Waals surface area contributed by atoms with E-state index in [9.17, 15) is 9.18 Å². The highest BCUT2D eigenvalue weighted by molar-refractivity contribution is 9.10. The van der Waals surface area contributed by atoms with Gasteiger partial charge in [-0.05, 0) is 60.5 Å². The van der Waals surface area contributed by atoms with Crippen LogP contribution in [0.4, 0.5) is 10.1 Å².